The van der Waals surface area contributed by atoms with Crippen LogP contribution < -0.4 is 0 Å². The molecular weight excluding hydrogens is 398 g/mol. The molecule has 1 fully saturated rings. The summed E-state index contributed by atoms with van der Waals surface area (Å²) in [6, 6.07) is 29.8. The average Bonchev–Trinajstić information content (AvgIpc) is 2.78. The Labute approximate surface area is 179 Å². The number of thioether (sulfide) groups is 1. The zero-order valence-electron chi connectivity index (χ0n) is 16.1. The van der Waals surface area contributed by atoms with Gasteiger partial charge in [0.05, 0.1) is 16.5 Å². The first-order valence-electron chi connectivity index (χ1n) is 9.60. The van der Waals surface area contributed by atoms with Crippen molar-refractivity contribution in [2.75, 3.05) is 0 Å². The zero-order valence-corrected chi connectivity index (χ0v) is 16.9. The maximum atomic E-state index is 12.2. The fourth-order valence-electron chi connectivity index (χ4n) is 3.84. The summed E-state index contributed by atoms with van der Waals surface area (Å²) >= 11 is 1.48. The number of nitrogens with zero attached hydrogens (tertiary/aromatic N) is 1. The second kappa shape index (κ2) is 8.34. The van der Waals surface area contributed by atoms with Crippen molar-refractivity contribution >= 4 is 23.6 Å². The number of hydrogen-bond acceptors (Lipinski definition) is 4. The van der Waals surface area contributed by atoms with Crippen LogP contribution in [-0.2, 0) is 14.3 Å². The van der Waals surface area contributed by atoms with Gasteiger partial charge in [0.15, 0.2) is 0 Å². The molecule has 4 rings (SSSR count). The van der Waals surface area contributed by atoms with E-state index in [9.17, 15) is 19.8 Å². The molecule has 0 aliphatic carbocycles. The summed E-state index contributed by atoms with van der Waals surface area (Å²) in [5, 5.41) is 18.9. The molecule has 1 aliphatic heterocycles. The molecule has 5 nitrogen and oxygen atoms in total. The maximum absolute atomic E-state index is 12.2. The predicted octanol–water partition coefficient (Wildman–Crippen LogP) is 3.67. The molecule has 0 bridgehead atoms. The third-order valence-electron chi connectivity index (χ3n) is 5.29. The number of likely N-dealkylation sites (tertiary alicyclic amines) is 1. The Morgan fingerprint density at radius 2 is 1.27 bits per heavy atom. The first-order chi connectivity index (χ1) is 14.5. The van der Waals surface area contributed by atoms with Crippen molar-refractivity contribution in [3.63, 3.8) is 0 Å². The highest BCUT2D eigenvalue weighted by atomic mass is 32.2. The Morgan fingerprint density at radius 3 is 1.60 bits per heavy atom. The predicted molar refractivity (Wildman–Crippen MR) is 116 cm³/mol. The maximum Gasteiger partial charge on any atom is 0.354 e. The lowest BCUT2D eigenvalue weighted by Gasteiger charge is -2.47. The van der Waals surface area contributed by atoms with E-state index in [1.165, 1.54) is 11.8 Å². The number of rotatable bonds is 7. The van der Waals surface area contributed by atoms with E-state index in [4.69, 9.17) is 0 Å². The molecule has 2 atom stereocenters. The van der Waals surface area contributed by atoms with Crippen molar-refractivity contribution in [2.24, 2.45) is 0 Å². The van der Waals surface area contributed by atoms with E-state index >= 15 is 0 Å². The summed E-state index contributed by atoms with van der Waals surface area (Å²) in [7, 11) is 0. The fourth-order valence-corrected chi connectivity index (χ4v) is 5.64. The van der Waals surface area contributed by atoms with Gasteiger partial charge in [-0.2, -0.15) is 0 Å². The Morgan fingerprint density at radius 1 is 0.867 bits per heavy atom. The topological polar surface area (TPSA) is 77.8 Å². The van der Waals surface area contributed by atoms with Crippen molar-refractivity contribution in [3.05, 3.63) is 108 Å². The lowest BCUT2D eigenvalue weighted by Crippen LogP contribution is -2.59. The number of carbonyl (C=O) groups is 2. The first kappa shape index (κ1) is 20.2. The van der Waals surface area contributed by atoms with E-state index < -0.39 is 22.3 Å². The summed E-state index contributed by atoms with van der Waals surface area (Å²) in [6.45, 7) is 0. The van der Waals surface area contributed by atoms with Gasteiger partial charge in [-0.05, 0) is 16.7 Å². The standard InChI is InChI=1S/C24H21NO4S/c26-20-16-21(25(20)22(27)23(28)29)30-24(17-10-4-1-5-11-17,18-12-6-2-7-13-18)19-14-8-3-9-15-19/h1-15,21-22,27H,16H2,(H,28,29). The smallest absolute Gasteiger partial charge is 0.354 e. The Balaban J connectivity index is 1.88. The summed E-state index contributed by atoms with van der Waals surface area (Å²) in [5.41, 5.74) is 3.03. The molecule has 1 aliphatic rings. The first-order valence-corrected chi connectivity index (χ1v) is 10.5. The van der Waals surface area contributed by atoms with Crippen LogP contribution in [0.3, 0.4) is 0 Å². The molecule has 0 spiro atoms. The Bertz CT molecular complexity index is 930. The quantitative estimate of drug-likeness (QED) is 0.451. The molecule has 0 radical (unpaired) electrons. The minimum Gasteiger partial charge on any atom is -0.478 e. The number of aliphatic hydroxyl groups is 1. The summed E-state index contributed by atoms with van der Waals surface area (Å²) in [5.74, 6) is -1.80. The van der Waals surface area contributed by atoms with Gasteiger partial charge in [-0.3, -0.25) is 9.69 Å². The highest BCUT2D eigenvalue weighted by Gasteiger charge is 2.49. The third-order valence-corrected chi connectivity index (χ3v) is 7.01. The van der Waals surface area contributed by atoms with Crippen molar-refractivity contribution < 1.29 is 19.8 Å². The van der Waals surface area contributed by atoms with Crippen molar-refractivity contribution in [3.8, 4) is 0 Å². The SMILES string of the molecule is O=C(O)C(O)N1C(=O)CC1SC(c1ccccc1)(c1ccccc1)c1ccccc1. The second-order valence-electron chi connectivity index (χ2n) is 7.07. The fraction of sp³-hybridized carbons (Fsp3) is 0.167. The summed E-state index contributed by atoms with van der Waals surface area (Å²) in [6.07, 6.45) is -1.69. The molecule has 2 N–H and O–H groups in total. The molecule has 2 unspecified atom stereocenters. The molecule has 0 aromatic heterocycles. The number of β-lactam (4-membered cyclic amide) rings is 1. The van der Waals surface area contributed by atoms with Crippen molar-refractivity contribution in [2.45, 2.75) is 22.8 Å². The van der Waals surface area contributed by atoms with E-state index in [1.807, 2.05) is 91.0 Å². The van der Waals surface area contributed by atoms with Gasteiger partial charge in [-0.1, -0.05) is 91.0 Å². The normalized spacial score (nSPS) is 17.3. The van der Waals surface area contributed by atoms with E-state index in [1.54, 1.807) is 0 Å². The van der Waals surface area contributed by atoms with Gasteiger partial charge in [0, 0.05) is 0 Å². The van der Waals surface area contributed by atoms with Crippen molar-refractivity contribution in [1.82, 2.24) is 4.90 Å². The number of aliphatic hydroxyl groups excluding tert-OH is 1. The monoisotopic (exact) mass is 419 g/mol. The number of amides is 1. The van der Waals surface area contributed by atoms with Gasteiger partial charge >= 0.3 is 5.97 Å². The number of carbonyl (C=O) groups excluding carboxylic acids is 1. The van der Waals surface area contributed by atoms with Gasteiger partial charge in [-0.15, -0.1) is 11.8 Å². The summed E-state index contributed by atoms with van der Waals surface area (Å²) < 4.78 is -0.689. The number of carboxylic acids is 1. The number of aliphatic carboxylic acids is 1. The minimum absolute atomic E-state index is 0.170. The van der Waals surface area contributed by atoms with Crippen LogP contribution in [0.2, 0.25) is 0 Å². The molecule has 152 valence electrons. The van der Waals surface area contributed by atoms with Crippen LogP contribution in [0.25, 0.3) is 0 Å². The molecule has 1 heterocycles. The molecular formula is C24H21NO4S. The van der Waals surface area contributed by atoms with Gasteiger partial charge in [0.1, 0.15) is 0 Å². The molecule has 3 aromatic carbocycles. The van der Waals surface area contributed by atoms with E-state index in [0.29, 0.717) is 0 Å². The number of benzene rings is 3. The van der Waals surface area contributed by atoms with Gasteiger partial charge in [-0.25, -0.2) is 4.79 Å². The van der Waals surface area contributed by atoms with Crippen molar-refractivity contribution in [1.29, 1.82) is 0 Å². The molecule has 30 heavy (non-hydrogen) atoms. The Kier molecular flexibility index (Phi) is 5.61. The summed E-state index contributed by atoms with van der Waals surface area (Å²) in [4.78, 5) is 24.6. The third kappa shape index (κ3) is 3.49. The lowest BCUT2D eigenvalue weighted by molar-refractivity contribution is -0.174. The molecule has 1 amide bonds. The second-order valence-corrected chi connectivity index (χ2v) is 8.46. The number of hydrogen-bond donors (Lipinski definition) is 2. The highest BCUT2D eigenvalue weighted by Crippen LogP contribution is 2.53. The molecule has 3 aromatic rings. The van der Waals surface area contributed by atoms with Crippen LogP contribution in [0.4, 0.5) is 0 Å². The van der Waals surface area contributed by atoms with Crippen LogP contribution in [0, 0.1) is 0 Å². The lowest BCUT2D eigenvalue weighted by atomic mass is 9.84. The van der Waals surface area contributed by atoms with Crippen LogP contribution in [0.5, 0.6) is 0 Å². The van der Waals surface area contributed by atoms with E-state index in [0.717, 1.165) is 21.6 Å². The van der Waals surface area contributed by atoms with Gasteiger partial charge in [0.25, 0.3) is 0 Å². The highest BCUT2D eigenvalue weighted by molar-refractivity contribution is 8.01. The minimum atomic E-state index is -1.86. The van der Waals surface area contributed by atoms with E-state index in [2.05, 4.69) is 0 Å². The molecule has 6 heteroatoms. The van der Waals surface area contributed by atoms with Crippen LogP contribution >= 0.6 is 11.8 Å². The van der Waals surface area contributed by atoms with Crippen LogP contribution in [0.1, 0.15) is 23.1 Å². The largest absolute Gasteiger partial charge is 0.478 e. The van der Waals surface area contributed by atoms with Gasteiger partial charge in [0.2, 0.25) is 12.1 Å². The van der Waals surface area contributed by atoms with Crippen LogP contribution in [-0.4, -0.2) is 38.6 Å². The van der Waals surface area contributed by atoms with Gasteiger partial charge < -0.3 is 10.2 Å². The van der Waals surface area contributed by atoms with E-state index in [-0.39, 0.29) is 12.3 Å². The Hall–Kier alpha value is -3.09. The molecule has 0 saturated carbocycles. The average molecular weight is 420 g/mol. The van der Waals surface area contributed by atoms with Crippen LogP contribution in [0.15, 0.2) is 91.0 Å². The zero-order chi connectivity index (χ0) is 21.1. The number of carboxylic acid groups (broad SMARTS) is 1. The molecule has 1 saturated heterocycles.